The average molecular weight is 338 g/mol. The highest BCUT2D eigenvalue weighted by Gasteiger charge is 2.21. The molecule has 1 saturated heterocycles. The van der Waals surface area contributed by atoms with E-state index in [1.807, 2.05) is 60.4 Å². The van der Waals surface area contributed by atoms with Crippen LogP contribution in [0.2, 0.25) is 0 Å². The van der Waals surface area contributed by atoms with E-state index in [0.717, 1.165) is 36.4 Å². The van der Waals surface area contributed by atoms with Crippen LogP contribution in [0.1, 0.15) is 15.9 Å². The molecule has 0 spiro atoms. The SMILES string of the molecule is Cc1ccccc1OCC(=O)N1CCN(c2ccc(C=O)cc2)CC1. The zero-order chi connectivity index (χ0) is 17.6. The first-order chi connectivity index (χ1) is 12.2. The van der Waals surface area contributed by atoms with Crippen molar-refractivity contribution in [1.82, 2.24) is 4.90 Å². The third-order valence-corrected chi connectivity index (χ3v) is 4.47. The summed E-state index contributed by atoms with van der Waals surface area (Å²) in [6, 6.07) is 15.2. The summed E-state index contributed by atoms with van der Waals surface area (Å²) in [6.07, 6.45) is 0.842. The maximum Gasteiger partial charge on any atom is 0.260 e. The number of hydrogen-bond donors (Lipinski definition) is 0. The first kappa shape index (κ1) is 17.0. The smallest absolute Gasteiger partial charge is 0.260 e. The van der Waals surface area contributed by atoms with Crippen LogP contribution in [-0.2, 0) is 4.79 Å². The Bertz CT molecular complexity index is 735. The minimum atomic E-state index is 0.0132. The quantitative estimate of drug-likeness (QED) is 0.786. The summed E-state index contributed by atoms with van der Waals surface area (Å²) in [5.74, 6) is 0.768. The van der Waals surface area contributed by atoms with Crippen molar-refractivity contribution in [2.24, 2.45) is 0 Å². The van der Waals surface area contributed by atoms with E-state index in [9.17, 15) is 9.59 Å². The molecule has 1 amide bonds. The van der Waals surface area contributed by atoms with Crippen LogP contribution in [0.25, 0.3) is 0 Å². The van der Waals surface area contributed by atoms with Gasteiger partial charge in [-0.25, -0.2) is 0 Å². The first-order valence-corrected chi connectivity index (χ1v) is 8.44. The Balaban J connectivity index is 1.50. The average Bonchev–Trinajstić information content (AvgIpc) is 2.67. The van der Waals surface area contributed by atoms with E-state index >= 15 is 0 Å². The number of benzene rings is 2. The van der Waals surface area contributed by atoms with Gasteiger partial charge in [-0.3, -0.25) is 9.59 Å². The molecule has 1 heterocycles. The maximum atomic E-state index is 12.4. The van der Waals surface area contributed by atoms with Crippen molar-refractivity contribution in [2.75, 3.05) is 37.7 Å². The molecule has 2 aromatic rings. The molecule has 1 aliphatic heterocycles. The van der Waals surface area contributed by atoms with Crippen LogP contribution in [0.4, 0.5) is 5.69 Å². The third kappa shape index (κ3) is 4.18. The lowest BCUT2D eigenvalue weighted by atomic mass is 10.2. The van der Waals surface area contributed by atoms with E-state index in [1.54, 1.807) is 0 Å². The summed E-state index contributed by atoms with van der Waals surface area (Å²) in [5, 5.41) is 0. The van der Waals surface area contributed by atoms with Crippen molar-refractivity contribution in [2.45, 2.75) is 6.92 Å². The van der Waals surface area contributed by atoms with Crippen molar-refractivity contribution < 1.29 is 14.3 Å². The molecule has 1 aliphatic rings. The lowest BCUT2D eigenvalue weighted by Gasteiger charge is -2.36. The van der Waals surface area contributed by atoms with Gasteiger partial charge in [0.1, 0.15) is 12.0 Å². The largest absolute Gasteiger partial charge is 0.484 e. The van der Waals surface area contributed by atoms with Crippen molar-refractivity contribution in [1.29, 1.82) is 0 Å². The monoisotopic (exact) mass is 338 g/mol. The summed E-state index contributed by atoms with van der Waals surface area (Å²) >= 11 is 0. The van der Waals surface area contributed by atoms with E-state index in [4.69, 9.17) is 4.74 Å². The van der Waals surface area contributed by atoms with Crippen LogP contribution < -0.4 is 9.64 Å². The van der Waals surface area contributed by atoms with E-state index in [2.05, 4.69) is 4.90 Å². The lowest BCUT2D eigenvalue weighted by molar-refractivity contribution is -0.133. The van der Waals surface area contributed by atoms with Gasteiger partial charge in [0.25, 0.3) is 5.91 Å². The second kappa shape index (κ2) is 7.83. The van der Waals surface area contributed by atoms with Gasteiger partial charge in [0.15, 0.2) is 6.61 Å². The fourth-order valence-corrected chi connectivity index (χ4v) is 2.93. The van der Waals surface area contributed by atoms with Crippen LogP contribution in [0.15, 0.2) is 48.5 Å². The highest BCUT2D eigenvalue weighted by Crippen LogP contribution is 2.18. The zero-order valence-corrected chi connectivity index (χ0v) is 14.4. The molecule has 0 saturated carbocycles. The second-order valence-corrected chi connectivity index (χ2v) is 6.13. The summed E-state index contributed by atoms with van der Waals surface area (Å²) in [7, 11) is 0. The Morgan fingerprint density at radius 1 is 1.04 bits per heavy atom. The van der Waals surface area contributed by atoms with Gasteiger partial charge in [0.05, 0.1) is 0 Å². The van der Waals surface area contributed by atoms with Crippen molar-refractivity contribution >= 4 is 17.9 Å². The number of anilines is 1. The number of para-hydroxylation sites is 1. The highest BCUT2D eigenvalue weighted by atomic mass is 16.5. The summed E-state index contributed by atoms with van der Waals surface area (Å²) < 4.78 is 5.65. The molecule has 3 rings (SSSR count). The van der Waals surface area contributed by atoms with Crippen LogP contribution >= 0.6 is 0 Å². The van der Waals surface area contributed by atoms with Crippen molar-refractivity contribution in [3.63, 3.8) is 0 Å². The predicted molar refractivity (Wildman–Crippen MR) is 97.3 cm³/mol. The molecular weight excluding hydrogens is 316 g/mol. The Kier molecular flexibility index (Phi) is 5.33. The predicted octanol–water partition coefficient (Wildman–Crippen LogP) is 2.54. The minimum absolute atomic E-state index is 0.0132. The molecule has 0 unspecified atom stereocenters. The van der Waals surface area contributed by atoms with Gasteiger partial charge >= 0.3 is 0 Å². The Morgan fingerprint density at radius 3 is 2.36 bits per heavy atom. The molecule has 0 aromatic heterocycles. The molecule has 5 nitrogen and oxygen atoms in total. The number of aryl methyl sites for hydroxylation is 1. The molecule has 25 heavy (non-hydrogen) atoms. The standard InChI is InChI=1S/C20H22N2O3/c1-16-4-2-3-5-19(16)25-15-20(24)22-12-10-21(11-13-22)18-8-6-17(14-23)7-9-18/h2-9,14H,10-13,15H2,1H3. The maximum absolute atomic E-state index is 12.4. The molecule has 0 radical (unpaired) electrons. The Hall–Kier alpha value is -2.82. The van der Waals surface area contributed by atoms with Crippen molar-refractivity contribution in [3.05, 3.63) is 59.7 Å². The number of nitrogens with zero attached hydrogens (tertiary/aromatic N) is 2. The van der Waals surface area contributed by atoms with Gasteiger partial charge in [-0.15, -0.1) is 0 Å². The van der Waals surface area contributed by atoms with Gasteiger partial charge in [0.2, 0.25) is 0 Å². The number of carbonyl (C=O) groups is 2. The third-order valence-electron chi connectivity index (χ3n) is 4.47. The fourth-order valence-electron chi connectivity index (χ4n) is 2.93. The first-order valence-electron chi connectivity index (χ1n) is 8.44. The second-order valence-electron chi connectivity index (χ2n) is 6.13. The minimum Gasteiger partial charge on any atom is -0.484 e. The molecular formula is C20H22N2O3. The number of hydrogen-bond acceptors (Lipinski definition) is 4. The van der Waals surface area contributed by atoms with E-state index in [-0.39, 0.29) is 12.5 Å². The lowest BCUT2D eigenvalue weighted by Crippen LogP contribution is -2.50. The van der Waals surface area contributed by atoms with Crippen LogP contribution in [0.5, 0.6) is 5.75 Å². The number of ether oxygens (including phenoxy) is 1. The molecule has 5 heteroatoms. The number of aldehydes is 1. The van der Waals surface area contributed by atoms with E-state index in [0.29, 0.717) is 18.7 Å². The van der Waals surface area contributed by atoms with Crippen LogP contribution in [0, 0.1) is 6.92 Å². The van der Waals surface area contributed by atoms with Gasteiger partial charge in [-0.05, 0) is 42.8 Å². The molecule has 2 aromatic carbocycles. The Labute approximate surface area is 147 Å². The van der Waals surface area contributed by atoms with E-state index < -0.39 is 0 Å². The summed E-state index contributed by atoms with van der Waals surface area (Å²) in [5.41, 5.74) is 2.78. The molecule has 1 fully saturated rings. The zero-order valence-electron chi connectivity index (χ0n) is 14.4. The normalized spacial score (nSPS) is 14.3. The molecule has 0 aliphatic carbocycles. The summed E-state index contributed by atoms with van der Waals surface area (Å²) in [4.78, 5) is 27.1. The van der Waals surface area contributed by atoms with Crippen molar-refractivity contribution in [3.8, 4) is 5.75 Å². The topological polar surface area (TPSA) is 49.9 Å². The molecule has 0 atom stereocenters. The van der Waals surface area contributed by atoms with Gasteiger partial charge in [0, 0.05) is 37.4 Å². The van der Waals surface area contributed by atoms with E-state index in [1.165, 1.54) is 0 Å². The molecule has 0 N–H and O–H groups in total. The fraction of sp³-hybridized carbons (Fsp3) is 0.300. The number of rotatable bonds is 5. The Morgan fingerprint density at radius 2 is 1.72 bits per heavy atom. The number of piperazine rings is 1. The van der Waals surface area contributed by atoms with Gasteiger partial charge in [-0.1, -0.05) is 18.2 Å². The molecule has 0 bridgehead atoms. The summed E-state index contributed by atoms with van der Waals surface area (Å²) in [6.45, 7) is 4.93. The number of carbonyl (C=O) groups excluding carboxylic acids is 2. The van der Waals surface area contributed by atoms with Crippen LogP contribution in [0.3, 0.4) is 0 Å². The number of amides is 1. The van der Waals surface area contributed by atoms with Gasteiger partial charge in [-0.2, -0.15) is 0 Å². The van der Waals surface area contributed by atoms with Crippen LogP contribution in [-0.4, -0.2) is 49.9 Å². The molecule has 130 valence electrons. The highest BCUT2D eigenvalue weighted by molar-refractivity contribution is 5.78. The van der Waals surface area contributed by atoms with Gasteiger partial charge < -0.3 is 14.5 Å².